The monoisotopic (exact) mass is 396 g/mol. The molecule has 2 N–H and O–H groups in total. The number of nitrogens with zero attached hydrogens (tertiary/aromatic N) is 3. The average molecular weight is 397 g/mol. The van der Waals surface area contributed by atoms with Crippen molar-refractivity contribution < 1.29 is 8.78 Å². The van der Waals surface area contributed by atoms with Crippen LogP contribution in [0.15, 0.2) is 55.0 Å². The lowest BCUT2D eigenvalue weighted by Gasteiger charge is -2.15. The van der Waals surface area contributed by atoms with E-state index < -0.39 is 11.9 Å². The smallest absolute Gasteiger partial charge is 0.141 e. The molecule has 0 bridgehead atoms. The summed E-state index contributed by atoms with van der Waals surface area (Å²) in [5.41, 5.74) is 8.40. The summed E-state index contributed by atoms with van der Waals surface area (Å²) >= 11 is 0. The van der Waals surface area contributed by atoms with Gasteiger partial charge in [-0.05, 0) is 48.4 Å². The topological polar surface area (TPSA) is 67.6 Å². The quantitative estimate of drug-likeness (QED) is 0.721. The lowest BCUT2D eigenvalue weighted by Crippen LogP contribution is -2.17. The summed E-state index contributed by atoms with van der Waals surface area (Å²) in [7, 11) is 0. The first-order valence-corrected chi connectivity index (χ1v) is 7.31. The zero-order valence-electron chi connectivity index (χ0n) is 13.5. The van der Waals surface area contributed by atoms with Crippen molar-refractivity contribution in [2.24, 2.45) is 5.73 Å². The minimum atomic E-state index is -0.561. The Labute approximate surface area is 162 Å². The second kappa shape index (κ2) is 9.30. The number of nitrogens with two attached hydrogens (primary N) is 1. The zero-order chi connectivity index (χ0) is 17.1. The summed E-state index contributed by atoms with van der Waals surface area (Å²) in [5.74, 6) is -0.882. The number of benzene rings is 2. The molecule has 26 heavy (non-hydrogen) atoms. The van der Waals surface area contributed by atoms with Crippen molar-refractivity contribution >= 4 is 24.8 Å². The van der Waals surface area contributed by atoms with Crippen molar-refractivity contribution in [1.82, 2.24) is 9.55 Å². The molecule has 0 fully saturated rings. The molecule has 0 aliphatic rings. The lowest BCUT2D eigenvalue weighted by atomic mass is 10.0. The molecule has 4 nitrogen and oxygen atoms in total. The Hall–Kier alpha value is -2.46. The van der Waals surface area contributed by atoms with E-state index in [4.69, 9.17) is 11.0 Å². The van der Waals surface area contributed by atoms with E-state index in [1.807, 2.05) is 0 Å². The van der Waals surface area contributed by atoms with Gasteiger partial charge in [0.2, 0.25) is 0 Å². The van der Waals surface area contributed by atoms with Crippen LogP contribution in [0.2, 0.25) is 0 Å². The zero-order valence-corrected chi connectivity index (χ0v) is 15.1. The van der Waals surface area contributed by atoms with Gasteiger partial charge in [0.25, 0.3) is 0 Å². The minimum Gasteiger partial charge on any atom is -0.322 e. The molecule has 3 aromatic rings. The van der Waals surface area contributed by atoms with Crippen molar-refractivity contribution in [3.05, 3.63) is 83.4 Å². The Balaban J connectivity index is 0.00000169. The van der Waals surface area contributed by atoms with E-state index in [0.29, 0.717) is 12.0 Å². The molecule has 0 spiro atoms. The molecule has 0 radical (unpaired) electrons. The highest BCUT2D eigenvalue weighted by Crippen LogP contribution is 2.21. The first-order chi connectivity index (χ1) is 11.6. The highest BCUT2D eigenvalue weighted by atomic mass is 35.5. The average Bonchev–Trinajstić information content (AvgIpc) is 3.05. The number of imidazole rings is 1. The Kier molecular flexibility index (Phi) is 7.72. The molecule has 1 aromatic heterocycles. The van der Waals surface area contributed by atoms with Crippen LogP contribution in [0, 0.1) is 23.0 Å². The molecule has 0 amide bonds. The van der Waals surface area contributed by atoms with E-state index in [1.54, 1.807) is 41.4 Å². The van der Waals surface area contributed by atoms with E-state index in [1.165, 1.54) is 24.3 Å². The van der Waals surface area contributed by atoms with Crippen molar-refractivity contribution in [3.8, 4) is 11.8 Å². The first-order valence-electron chi connectivity index (χ1n) is 7.31. The summed E-state index contributed by atoms with van der Waals surface area (Å²) in [6.07, 6.45) is 3.62. The summed E-state index contributed by atoms with van der Waals surface area (Å²) in [6.45, 7) is 0. The number of halogens is 4. The van der Waals surface area contributed by atoms with Crippen LogP contribution in [0.1, 0.15) is 22.9 Å². The third-order valence-electron chi connectivity index (χ3n) is 3.76. The lowest BCUT2D eigenvalue weighted by molar-refractivity contribution is 0.616. The predicted octanol–water partition coefficient (Wildman–Crippen LogP) is 4.11. The maximum Gasteiger partial charge on any atom is 0.141 e. The maximum atomic E-state index is 13.7. The predicted molar refractivity (Wildman–Crippen MR) is 99.8 cm³/mol. The number of rotatable bonds is 4. The normalized spacial score (nSPS) is 11.0. The van der Waals surface area contributed by atoms with Crippen LogP contribution in [-0.2, 0) is 6.42 Å². The van der Waals surface area contributed by atoms with E-state index in [2.05, 4.69) is 4.98 Å². The van der Waals surface area contributed by atoms with E-state index in [9.17, 15) is 8.78 Å². The van der Waals surface area contributed by atoms with Crippen LogP contribution < -0.4 is 5.73 Å². The van der Waals surface area contributed by atoms with Crippen molar-refractivity contribution in [3.63, 3.8) is 0 Å². The van der Waals surface area contributed by atoms with Gasteiger partial charge in [0.05, 0.1) is 29.8 Å². The standard InChI is InChI=1S/C18H14F2N4.2ClH/c19-14-3-5-15(6-4-14)24-11-23-10-18(24)17(22)8-12-1-2-13(9-21)16(20)7-12;;/h1-7,10-11,17H,8,22H2;2*1H. The number of aromatic nitrogens is 2. The van der Waals surface area contributed by atoms with Crippen molar-refractivity contribution in [2.75, 3.05) is 0 Å². The van der Waals surface area contributed by atoms with Crippen LogP contribution in [0.25, 0.3) is 5.69 Å². The van der Waals surface area contributed by atoms with Crippen LogP contribution in [-0.4, -0.2) is 9.55 Å². The van der Waals surface area contributed by atoms with Crippen LogP contribution in [0.5, 0.6) is 0 Å². The van der Waals surface area contributed by atoms with E-state index >= 15 is 0 Å². The Morgan fingerprint density at radius 3 is 2.42 bits per heavy atom. The van der Waals surface area contributed by atoms with Gasteiger partial charge < -0.3 is 10.3 Å². The second-order valence-electron chi connectivity index (χ2n) is 5.40. The highest BCUT2D eigenvalue weighted by Gasteiger charge is 2.14. The van der Waals surface area contributed by atoms with Crippen LogP contribution in [0.4, 0.5) is 8.78 Å². The SMILES string of the molecule is Cl.Cl.N#Cc1ccc(CC(N)c2cncn2-c2ccc(F)cc2)cc1F. The van der Waals surface area contributed by atoms with Gasteiger partial charge in [-0.3, -0.25) is 0 Å². The Morgan fingerprint density at radius 1 is 1.12 bits per heavy atom. The molecule has 1 unspecified atom stereocenters. The molecule has 0 saturated heterocycles. The van der Waals surface area contributed by atoms with Gasteiger partial charge in [-0.25, -0.2) is 13.8 Å². The number of hydrogen-bond donors (Lipinski definition) is 1. The van der Waals surface area contributed by atoms with Crippen molar-refractivity contribution in [1.29, 1.82) is 5.26 Å². The fourth-order valence-corrected chi connectivity index (χ4v) is 2.53. The Bertz CT molecular complexity index is 904. The van der Waals surface area contributed by atoms with Gasteiger partial charge >= 0.3 is 0 Å². The summed E-state index contributed by atoms with van der Waals surface area (Å²) in [5, 5.41) is 8.77. The fraction of sp³-hybridized carbons (Fsp3) is 0.111. The Morgan fingerprint density at radius 2 is 1.81 bits per heavy atom. The molecule has 3 rings (SSSR count). The molecule has 2 aromatic carbocycles. The van der Waals surface area contributed by atoms with E-state index in [0.717, 1.165) is 11.4 Å². The number of hydrogen-bond acceptors (Lipinski definition) is 3. The minimum absolute atomic E-state index is 0. The highest BCUT2D eigenvalue weighted by molar-refractivity contribution is 5.85. The molecule has 1 heterocycles. The molecule has 136 valence electrons. The summed E-state index contributed by atoms with van der Waals surface area (Å²) < 4.78 is 28.5. The fourth-order valence-electron chi connectivity index (χ4n) is 2.53. The van der Waals surface area contributed by atoms with Gasteiger partial charge in [-0.1, -0.05) is 6.07 Å². The third kappa shape index (κ3) is 4.58. The molecule has 1 atom stereocenters. The van der Waals surface area contributed by atoms with E-state index in [-0.39, 0.29) is 36.2 Å². The molecular weight excluding hydrogens is 381 g/mol. The summed E-state index contributed by atoms with van der Waals surface area (Å²) in [6, 6.07) is 11.8. The molecule has 0 aliphatic heterocycles. The molecule has 0 saturated carbocycles. The maximum absolute atomic E-state index is 13.7. The summed E-state index contributed by atoms with van der Waals surface area (Å²) in [4.78, 5) is 4.10. The van der Waals surface area contributed by atoms with Gasteiger partial charge in [0.1, 0.15) is 17.7 Å². The number of nitriles is 1. The molecular formula is C18H16Cl2F2N4. The van der Waals surface area contributed by atoms with Crippen LogP contribution >= 0.6 is 24.8 Å². The third-order valence-corrected chi connectivity index (χ3v) is 3.76. The molecule has 8 heteroatoms. The van der Waals surface area contributed by atoms with Gasteiger partial charge in [0.15, 0.2) is 0 Å². The largest absolute Gasteiger partial charge is 0.322 e. The molecule has 0 aliphatic carbocycles. The second-order valence-corrected chi connectivity index (χ2v) is 5.40. The van der Waals surface area contributed by atoms with Gasteiger partial charge in [-0.15, -0.1) is 24.8 Å². The first kappa shape index (κ1) is 21.6. The van der Waals surface area contributed by atoms with Gasteiger partial charge in [-0.2, -0.15) is 5.26 Å². The van der Waals surface area contributed by atoms with Crippen molar-refractivity contribution in [2.45, 2.75) is 12.5 Å². The van der Waals surface area contributed by atoms with Gasteiger partial charge in [0, 0.05) is 5.69 Å². The van der Waals surface area contributed by atoms with Crippen LogP contribution in [0.3, 0.4) is 0 Å².